The molecule has 4 aromatic rings. The zero-order chi connectivity index (χ0) is 20.4. The molecule has 0 radical (unpaired) electrons. The van der Waals surface area contributed by atoms with Gasteiger partial charge in [0.1, 0.15) is 11.8 Å². The van der Waals surface area contributed by atoms with Gasteiger partial charge in [0.05, 0.1) is 19.0 Å². The number of aromatic nitrogens is 4. The number of benzene rings is 2. The number of halogens is 1. The van der Waals surface area contributed by atoms with Crippen LogP contribution >= 0.6 is 18.3 Å². The van der Waals surface area contributed by atoms with E-state index in [-0.39, 0.29) is 12.5 Å². The van der Waals surface area contributed by atoms with Gasteiger partial charge in [-0.15, -0.1) is 0 Å². The Morgan fingerprint density at radius 2 is 1.97 bits per heavy atom. The van der Waals surface area contributed by atoms with Crippen molar-refractivity contribution in [1.82, 2.24) is 19.5 Å². The lowest BCUT2D eigenvalue weighted by atomic mass is 10.1. The maximum absolute atomic E-state index is 10.6. The molecule has 2 heterocycles. The summed E-state index contributed by atoms with van der Waals surface area (Å²) < 4.78 is 13.3. The van der Waals surface area contributed by atoms with Gasteiger partial charge in [-0.05, 0) is 18.4 Å². The van der Waals surface area contributed by atoms with Crippen LogP contribution in [0, 0.1) is 0 Å². The van der Waals surface area contributed by atoms with E-state index in [1.165, 1.54) is 6.33 Å². The van der Waals surface area contributed by atoms with Crippen LogP contribution in [0.25, 0.3) is 21.9 Å². The number of fused-ring (bicyclic) bond motifs is 2. The molecule has 0 bridgehead atoms. The highest BCUT2D eigenvalue weighted by molar-refractivity contribution is 7.90. The van der Waals surface area contributed by atoms with Crippen molar-refractivity contribution < 1.29 is 14.2 Å². The summed E-state index contributed by atoms with van der Waals surface area (Å²) >= 11 is 6.28. The predicted octanol–water partition coefficient (Wildman–Crippen LogP) is 4.00. The molecule has 29 heavy (non-hydrogen) atoms. The second-order valence-electron chi connectivity index (χ2n) is 6.62. The minimum Gasteiger partial charge on any atom is -0.382 e. The summed E-state index contributed by atoms with van der Waals surface area (Å²) in [5.41, 5.74) is 6.97. The fourth-order valence-corrected chi connectivity index (χ4v) is 4.38. The summed E-state index contributed by atoms with van der Waals surface area (Å²) in [5.74, 6) is 0.852. The van der Waals surface area contributed by atoms with E-state index in [2.05, 4.69) is 15.0 Å². The molecular weight excluding hydrogens is 413 g/mol. The molecule has 0 aliphatic heterocycles. The van der Waals surface area contributed by atoms with Crippen LogP contribution in [0.15, 0.2) is 55.1 Å². The second kappa shape index (κ2) is 8.08. The minimum absolute atomic E-state index is 0.122. The largest absolute Gasteiger partial charge is 0.441 e. The summed E-state index contributed by atoms with van der Waals surface area (Å²) in [6, 6.07) is 13.3. The first-order valence-electron chi connectivity index (χ1n) is 8.94. The van der Waals surface area contributed by atoms with Crippen molar-refractivity contribution in [1.29, 1.82) is 0 Å². The standard InChI is InChI=1S/C19H20ClN5O3P/c1-13(9-25-11-24-17-18(21)22-10-23-19(17)25)27-12-29(20,26)28-16-8-4-6-14-5-2-3-7-15(14)16/h2-8,10-11,13,26H,9,12H2,1H3,(H2,21,22,23)/q+1/t13-,29?/m1/s1. The zero-order valence-electron chi connectivity index (χ0n) is 15.6. The van der Waals surface area contributed by atoms with E-state index in [0.29, 0.717) is 29.3 Å². The van der Waals surface area contributed by atoms with Crippen LogP contribution in [-0.4, -0.2) is 36.9 Å². The van der Waals surface area contributed by atoms with Crippen molar-refractivity contribution in [2.45, 2.75) is 19.6 Å². The fourth-order valence-electron chi connectivity index (χ4n) is 3.03. The number of hydrogen-bond donors (Lipinski definition) is 2. The number of imidazole rings is 1. The Hall–Kier alpha value is -2.51. The second-order valence-corrected chi connectivity index (χ2v) is 9.88. The highest BCUT2D eigenvalue weighted by Gasteiger charge is 2.40. The molecule has 4 rings (SSSR count). The van der Waals surface area contributed by atoms with Crippen LogP contribution in [0.2, 0.25) is 0 Å². The molecular formula is C19H20ClN5O3P+. The Labute approximate surface area is 172 Å². The Morgan fingerprint density at radius 3 is 2.83 bits per heavy atom. The summed E-state index contributed by atoms with van der Waals surface area (Å²) in [6.07, 6.45) is 2.62. The number of hydrogen-bond acceptors (Lipinski definition) is 7. The van der Waals surface area contributed by atoms with Gasteiger partial charge in [0.2, 0.25) is 6.35 Å². The SMILES string of the molecule is C[C@H](Cn1cnc2c(N)ncnc21)OC[P+](O)(Cl)Oc1cccc2ccccc12. The van der Waals surface area contributed by atoms with Gasteiger partial charge < -0.3 is 15.0 Å². The first kappa shape index (κ1) is 19.8. The van der Waals surface area contributed by atoms with Crippen LogP contribution in [0.4, 0.5) is 5.82 Å². The maximum atomic E-state index is 10.6. The molecule has 0 amide bonds. The van der Waals surface area contributed by atoms with Gasteiger partial charge in [-0.1, -0.05) is 36.4 Å². The van der Waals surface area contributed by atoms with E-state index in [0.717, 1.165) is 10.8 Å². The van der Waals surface area contributed by atoms with Gasteiger partial charge in [0.25, 0.3) is 0 Å². The molecule has 0 spiro atoms. The molecule has 2 atom stereocenters. The fraction of sp³-hybridized carbons (Fsp3) is 0.211. The smallest absolute Gasteiger partial charge is 0.382 e. The molecule has 0 aliphatic rings. The molecule has 0 saturated heterocycles. The lowest BCUT2D eigenvalue weighted by Gasteiger charge is -2.17. The van der Waals surface area contributed by atoms with Gasteiger partial charge in [-0.2, -0.15) is 4.89 Å². The summed E-state index contributed by atoms with van der Waals surface area (Å²) in [6.45, 7) is 2.32. The van der Waals surface area contributed by atoms with Crippen LogP contribution in [0.5, 0.6) is 5.75 Å². The molecule has 8 nitrogen and oxygen atoms in total. The van der Waals surface area contributed by atoms with Gasteiger partial charge in [0, 0.05) is 5.39 Å². The van der Waals surface area contributed by atoms with Crippen molar-refractivity contribution in [2.24, 2.45) is 0 Å². The molecule has 0 fully saturated rings. The Bertz CT molecular complexity index is 1150. The number of nitrogen functional groups attached to an aromatic ring is 1. The van der Waals surface area contributed by atoms with Gasteiger partial charge in [-0.25, -0.2) is 15.0 Å². The molecule has 10 heteroatoms. The molecule has 3 N–H and O–H groups in total. The molecule has 2 aromatic heterocycles. The van der Waals surface area contributed by atoms with E-state index in [4.69, 9.17) is 26.2 Å². The summed E-state index contributed by atoms with van der Waals surface area (Å²) in [4.78, 5) is 22.9. The average molecular weight is 433 g/mol. The van der Waals surface area contributed by atoms with Crippen LogP contribution in [0.1, 0.15) is 6.92 Å². The van der Waals surface area contributed by atoms with Crippen LogP contribution in [0.3, 0.4) is 0 Å². The molecule has 1 unspecified atom stereocenters. The van der Waals surface area contributed by atoms with Gasteiger partial charge in [0.15, 0.2) is 28.5 Å². The Balaban J connectivity index is 1.41. The van der Waals surface area contributed by atoms with Crippen molar-refractivity contribution in [2.75, 3.05) is 12.1 Å². The third kappa shape index (κ3) is 4.41. The normalized spacial score (nSPS) is 14.7. The maximum Gasteiger partial charge on any atom is 0.441 e. The lowest BCUT2D eigenvalue weighted by Crippen LogP contribution is -2.18. The summed E-state index contributed by atoms with van der Waals surface area (Å²) in [7, 11) is -3.29. The van der Waals surface area contributed by atoms with Gasteiger partial charge >= 0.3 is 7.07 Å². The van der Waals surface area contributed by atoms with E-state index in [9.17, 15) is 4.89 Å². The number of nitrogens with two attached hydrogens (primary N) is 1. The van der Waals surface area contributed by atoms with Crippen LogP contribution in [-0.2, 0) is 11.3 Å². The quantitative estimate of drug-likeness (QED) is 0.425. The first-order valence-corrected chi connectivity index (χ1v) is 11.7. The third-order valence-corrected chi connectivity index (χ3v) is 5.83. The van der Waals surface area contributed by atoms with E-state index >= 15 is 0 Å². The minimum atomic E-state index is -3.29. The van der Waals surface area contributed by atoms with E-state index in [1.807, 2.05) is 47.9 Å². The number of nitrogens with zero attached hydrogens (tertiary/aromatic N) is 4. The summed E-state index contributed by atoms with van der Waals surface area (Å²) in [5, 5.41) is 1.88. The molecule has 150 valence electrons. The molecule has 0 aliphatic carbocycles. The monoisotopic (exact) mass is 432 g/mol. The zero-order valence-corrected chi connectivity index (χ0v) is 17.3. The molecule has 2 aromatic carbocycles. The lowest BCUT2D eigenvalue weighted by molar-refractivity contribution is 0.0818. The van der Waals surface area contributed by atoms with Crippen molar-refractivity contribution >= 4 is 46.1 Å². The number of ether oxygens (including phenoxy) is 1. The average Bonchev–Trinajstić information content (AvgIpc) is 3.11. The first-order chi connectivity index (χ1) is 13.9. The molecule has 0 saturated carbocycles. The highest BCUT2D eigenvalue weighted by Crippen LogP contribution is 2.61. The predicted molar refractivity (Wildman–Crippen MR) is 115 cm³/mol. The Morgan fingerprint density at radius 1 is 1.17 bits per heavy atom. The number of rotatable bonds is 7. The number of anilines is 1. The van der Waals surface area contributed by atoms with Gasteiger partial charge in [-0.3, -0.25) is 4.52 Å². The van der Waals surface area contributed by atoms with Crippen LogP contribution < -0.4 is 10.3 Å². The van der Waals surface area contributed by atoms with E-state index < -0.39 is 7.07 Å². The van der Waals surface area contributed by atoms with Crippen molar-refractivity contribution in [3.05, 3.63) is 55.1 Å². The van der Waals surface area contributed by atoms with E-state index in [1.54, 1.807) is 12.4 Å². The third-order valence-electron chi connectivity index (χ3n) is 4.39. The highest BCUT2D eigenvalue weighted by atomic mass is 35.7. The van der Waals surface area contributed by atoms with Crippen molar-refractivity contribution in [3.63, 3.8) is 0 Å². The topological polar surface area (TPSA) is 108 Å². The Kier molecular flexibility index (Phi) is 5.52. The van der Waals surface area contributed by atoms with Crippen molar-refractivity contribution in [3.8, 4) is 5.75 Å².